The predicted octanol–water partition coefficient (Wildman–Crippen LogP) is 4.52. The molecule has 2 fully saturated rings. The number of amides is 1. The second-order valence-electron chi connectivity index (χ2n) is 11.6. The summed E-state index contributed by atoms with van der Waals surface area (Å²) in [7, 11) is 0. The molecular formula is C31H34F3N5O4. The number of nitrogens with two attached hydrogens (primary N) is 1. The number of piperidine rings is 1. The molecule has 228 valence electrons. The quantitative estimate of drug-likeness (QED) is 0.379. The highest BCUT2D eigenvalue weighted by Gasteiger charge is 2.32. The van der Waals surface area contributed by atoms with E-state index in [0.29, 0.717) is 62.9 Å². The van der Waals surface area contributed by atoms with E-state index in [1.54, 1.807) is 0 Å². The molecule has 3 aliphatic rings. The SMILES string of the molecule is C[C@@H]1C[C@H](N)CN(c2c(NC(=O)c3ccc(F)c(-c4c(F)cc(OC5CCCOC5)cc4F)n3)cnc3c2CC[C@H]3O)C1. The second kappa shape index (κ2) is 12.1. The van der Waals surface area contributed by atoms with E-state index in [2.05, 4.69) is 27.1 Å². The van der Waals surface area contributed by atoms with Gasteiger partial charge in [-0.15, -0.1) is 0 Å². The zero-order valence-corrected chi connectivity index (χ0v) is 23.8. The van der Waals surface area contributed by atoms with Crippen LogP contribution in [0.25, 0.3) is 11.3 Å². The summed E-state index contributed by atoms with van der Waals surface area (Å²) in [6.07, 6.45) is 3.85. The van der Waals surface area contributed by atoms with Crippen LogP contribution in [0.1, 0.15) is 60.5 Å². The number of aromatic nitrogens is 2. The van der Waals surface area contributed by atoms with Crippen LogP contribution in [0.15, 0.2) is 30.5 Å². The van der Waals surface area contributed by atoms with E-state index in [-0.39, 0.29) is 23.6 Å². The Hall–Kier alpha value is -3.74. The molecule has 2 aliphatic heterocycles. The summed E-state index contributed by atoms with van der Waals surface area (Å²) in [4.78, 5) is 24.0. The van der Waals surface area contributed by atoms with Crippen LogP contribution in [0, 0.1) is 23.4 Å². The topological polar surface area (TPSA) is 123 Å². The molecule has 1 aromatic carbocycles. The number of pyridine rings is 2. The molecule has 4 atom stereocenters. The van der Waals surface area contributed by atoms with E-state index >= 15 is 8.78 Å². The van der Waals surface area contributed by atoms with E-state index in [9.17, 15) is 14.3 Å². The Morgan fingerprint density at radius 1 is 1.16 bits per heavy atom. The molecule has 3 aromatic rings. The van der Waals surface area contributed by atoms with Crippen molar-refractivity contribution in [3.63, 3.8) is 0 Å². The molecule has 2 aromatic heterocycles. The summed E-state index contributed by atoms with van der Waals surface area (Å²) < 4.78 is 56.3. The van der Waals surface area contributed by atoms with Crippen LogP contribution in [0.3, 0.4) is 0 Å². The summed E-state index contributed by atoms with van der Waals surface area (Å²) in [5.74, 6) is -3.59. The van der Waals surface area contributed by atoms with Gasteiger partial charge in [-0.05, 0) is 50.2 Å². The fourth-order valence-corrected chi connectivity index (χ4v) is 6.31. The third-order valence-corrected chi connectivity index (χ3v) is 8.18. The molecule has 1 amide bonds. The number of halogens is 3. The van der Waals surface area contributed by atoms with Crippen molar-refractivity contribution in [3.05, 3.63) is 64.9 Å². The highest BCUT2D eigenvalue weighted by molar-refractivity contribution is 6.05. The molecule has 1 unspecified atom stereocenters. The summed E-state index contributed by atoms with van der Waals surface area (Å²) >= 11 is 0. The number of hydrogen-bond donors (Lipinski definition) is 3. The fraction of sp³-hybridized carbons (Fsp3) is 0.452. The highest BCUT2D eigenvalue weighted by Crippen LogP contribution is 2.42. The Bertz CT molecular complexity index is 1500. The molecule has 1 aliphatic carbocycles. The molecule has 0 saturated carbocycles. The van der Waals surface area contributed by atoms with Crippen molar-refractivity contribution in [2.45, 2.75) is 57.3 Å². The Morgan fingerprint density at radius 3 is 2.67 bits per heavy atom. The van der Waals surface area contributed by atoms with Crippen LogP contribution < -0.4 is 20.7 Å². The molecule has 0 spiro atoms. The van der Waals surface area contributed by atoms with Crippen molar-refractivity contribution in [2.75, 3.05) is 36.5 Å². The average Bonchev–Trinajstić information content (AvgIpc) is 3.33. The number of carbonyl (C=O) groups is 1. The van der Waals surface area contributed by atoms with E-state index < -0.39 is 40.7 Å². The van der Waals surface area contributed by atoms with E-state index in [4.69, 9.17) is 15.2 Å². The minimum Gasteiger partial charge on any atom is -0.488 e. The van der Waals surface area contributed by atoms with Crippen LogP contribution in [0.4, 0.5) is 24.5 Å². The highest BCUT2D eigenvalue weighted by atomic mass is 19.1. The first kappa shape index (κ1) is 29.3. The molecule has 9 nitrogen and oxygen atoms in total. The molecular weight excluding hydrogens is 563 g/mol. The zero-order chi connectivity index (χ0) is 30.2. The van der Waals surface area contributed by atoms with Crippen molar-refractivity contribution in [1.29, 1.82) is 0 Å². The van der Waals surface area contributed by atoms with Gasteiger partial charge in [0.15, 0.2) is 0 Å². The van der Waals surface area contributed by atoms with Crippen LogP contribution >= 0.6 is 0 Å². The van der Waals surface area contributed by atoms with E-state index in [1.807, 2.05) is 0 Å². The number of nitrogens with one attached hydrogen (secondary N) is 1. The van der Waals surface area contributed by atoms with Crippen LogP contribution in [0.5, 0.6) is 5.75 Å². The summed E-state index contributed by atoms with van der Waals surface area (Å²) in [5.41, 5.74) is 7.26. The molecule has 2 saturated heterocycles. The van der Waals surface area contributed by atoms with E-state index in [0.717, 1.165) is 48.4 Å². The molecule has 4 heterocycles. The maximum Gasteiger partial charge on any atom is 0.274 e. The minimum absolute atomic E-state index is 0.0444. The molecule has 4 N–H and O–H groups in total. The van der Waals surface area contributed by atoms with Gasteiger partial charge >= 0.3 is 0 Å². The Balaban J connectivity index is 1.29. The van der Waals surface area contributed by atoms with E-state index in [1.165, 1.54) is 6.20 Å². The number of benzene rings is 1. The lowest BCUT2D eigenvalue weighted by molar-refractivity contribution is 0.00720. The maximum absolute atomic E-state index is 15.2. The van der Waals surface area contributed by atoms with Crippen LogP contribution in [0.2, 0.25) is 0 Å². The standard InChI is InChI=1S/C31H34F3N5O4/c1-16-9-17(35)14-39(13-16)30-20-4-7-26(40)28(20)36-12-25(30)38-31(41)24-6-5-21(32)29(37-24)27-22(33)10-19(11-23(27)34)43-18-3-2-8-42-15-18/h5-6,10-12,16-18,26,40H,2-4,7-9,13-15,35H2,1H3,(H,38,41)/t16-,17+,18?,26-/m1/s1. The number of fused-ring (bicyclic) bond motifs is 1. The molecule has 0 bridgehead atoms. The summed E-state index contributed by atoms with van der Waals surface area (Å²) in [5, 5.41) is 13.3. The lowest BCUT2D eigenvalue weighted by Crippen LogP contribution is -2.47. The van der Waals surface area contributed by atoms with Gasteiger partial charge in [-0.1, -0.05) is 6.92 Å². The first-order valence-corrected chi connectivity index (χ1v) is 14.6. The number of rotatable bonds is 6. The Kier molecular flexibility index (Phi) is 8.25. The second-order valence-corrected chi connectivity index (χ2v) is 11.6. The van der Waals surface area contributed by atoms with Crippen molar-refractivity contribution in [2.24, 2.45) is 11.7 Å². The Labute approximate surface area is 247 Å². The number of hydrogen-bond acceptors (Lipinski definition) is 8. The number of aliphatic hydroxyl groups excluding tert-OH is 1. The fourth-order valence-electron chi connectivity index (χ4n) is 6.31. The van der Waals surface area contributed by atoms with Gasteiger partial charge in [0.25, 0.3) is 5.91 Å². The minimum atomic E-state index is -1.07. The third-order valence-electron chi connectivity index (χ3n) is 8.18. The van der Waals surface area contributed by atoms with Gasteiger partial charge in [-0.2, -0.15) is 0 Å². The normalized spacial score (nSPS) is 23.6. The number of carbonyl (C=O) groups excluding carboxylic acids is 1. The Morgan fingerprint density at radius 2 is 1.95 bits per heavy atom. The third kappa shape index (κ3) is 6.04. The van der Waals surface area contributed by atoms with Gasteiger partial charge < -0.3 is 30.5 Å². The monoisotopic (exact) mass is 597 g/mol. The molecule has 0 radical (unpaired) electrons. The first-order valence-electron chi connectivity index (χ1n) is 14.6. The van der Waals surface area contributed by atoms with Crippen LogP contribution in [-0.4, -0.2) is 59.4 Å². The van der Waals surface area contributed by atoms with Crippen molar-refractivity contribution in [1.82, 2.24) is 9.97 Å². The lowest BCUT2D eigenvalue weighted by Gasteiger charge is -2.38. The van der Waals surface area contributed by atoms with Gasteiger partial charge in [0.05, 0.1) is 41.5 Å². The van der Waals surface area contributed by atoms with Gasteiger partial charge in [0.1, 0.15) is 40.7 Å². The van der Waals surface area contributed by atoms with Gasteiger partial charge in [0.2, 0.25) is 0 Å². The van der Waals surface area contributed by atoms with Crippen LogP contribution in [-0.2, 0) is 11.2 Å². The van der Waals surface area contributed by atoms with Gasteiger partial charge in [-0.3, -0.25) is 9.78 Å². The smallest absolute Gasteiger partial charge is 0.274 e. The molecule has 12 heteroatoms. The number of ether oxygens (including phenoxy) is 2. The number of aliphatic hydroxyl groups is 1. The largest absolute Gasteiger partial charge is 0.488 e. The maximum atomic E-state index is 15.2. The lowest BCUT2D eigenvalue weighted by atomic mass is 9.95. The van der Waals surface area contributed by atoms with Crippen molar-refractivity contribution in [3.8, 4) is 17.0 Å². The van der Waals surface area contributed by atoms with Crippen molar-refractivity contribution < 1.29 is 32.5 Å². The van der Waals surface area contributed by atoms with Gasteiger partial charge in [-0.25, -0.2) is 18.2 Å². The molecule has 43 heavy (non-hydrogen) atoms. The van der Waals surface area contributed by atoms with Gasteiger partial charge in [0, 0.05) is 43.4 Å². The van der Waals surface area contributed by atoms with Crippen molar-refractivity contribution >= 4 is 17.3 Å². The molecule has 6 rings (SSSR count). The number of anilines is 2. The first-order chi connectivity index (χ1) is 20.7. The average molecular weight is 598 g/mol. The zero-order valence-electron chi connectivity index (χ0n) is 23.8. The number of nitrogens with zero attached hydrogens (tertiary/aromatic N) is 3. The summed E-state index contributed by atoms with van der Waals surface area (Å²) in [6.45, 7) is 4.28. The predicted molar refractivity (Wildman–Crippen MR) is 153 cm³/mol. The summed E-state index contributed by atoms with van der Waals surface area (Å²) in [6, 6.07) is 3.97.